The normalized spacial score (nSPS) is 25.4. The minimum Gasteiger partial charge on any atom is -0.492 e. The van der Waals surface area contributed by atoms with Crippen LogP contribution in [-0.2, 0) is 9.59 Å². The van der Waals surface area contributed by atoms with E-state index in [0.29, 0.717) is 32.8 Å². The van der Waals surface area contributed by atoms with Crippen LogP contribution in [0, 0.1) is 11.3 Å². The number of carbonyl (C=O) groups is 2. The summed E-state index contributed by atoms with van der Waals surface area (Å²) in [5.41, 5.74) is -0.476. The predicted octanol–water partition coefficient (Wildman–Crippen LogP) is 0.0346. The highest BCUT2D eigenvalue weighted by Crippen LogP contribution is 2.39. The summed E-state index contributed by atoms with van der Waals surface area (Å²) in [6, 6.07) is 3.68. The molecule has 3 rings (SSSR count). The molecule has 0 radical (unpaired) electrons. The molecular weight excluding hydrogens is 308 g/mol. The maximum atomic E-state index is 12.7. The lowest BCUT2D eigenvalue weighted by Crippen LogP contribution is -2.48. The van der Waals surface area contributed by atoms with Crippen LogP contribution in [0.25, 0.3) is 0 Å². The molecule has 0 spiro atoms. The van der Waals surface area contributed by atoms with Crippen LogP contribution in [0.5, 0.6) is 5.75 Å². The van der Waals surface area contributed by atoms with E-state index < -0.39 is 5.41 Å². The predicted molar refractivity (Wildman–Crippen MR) is 88.4 cm³/mol. The van der Waals surface area contributed by atoms with Gasteiger partial charge in [-0.3, -0.25) is 14.6 Å². The van der Waals surface area contributed by atoms with E-state index in [1.807, 2.05) is 12.1 Å². The topological polar surface area (TPSA) is 83.6 Å². The minimum absolute atomic E-state index is 0.0430. The second kappa shape index (κ2) is 7.17. The molecule has 2 amide bonds. The molecule has 0 saturated carbocycles. The Morgan fingerprint density at radius 3 is 3.17 bits per heavy atom. The SMILES string of the molecule is CC(=O)N1C[C@@H]2CNC[C@]2(C(=O)NCCCOc2cccnc2)C1. The first-order valence-electron chi connectivity index (χ1n) is 8.39. The summed E-state index contributed by atoms with van der Waals surface area (Å²) in [7, 11) is 0. The molecule has 7 nitrogen and oxygen atoms in total. The van der Waals surface area contributed by atoms with Crippen LogP contribution in [0.1, 0.15) is 13.3 Å². The highest BCUT2D eigenvalue weighted by molar-refractivity contribution is 5.86. The van der Waals surface area contributed by atoms with Crippen LogP contribution in [0.3, 0.4) is 0 Å². The number of carbonyl (C=O) groups excluding carboxylic acids is 2. The van der Waals surface area contributed by atoms with Gasteiger partial charge in [0.25, 0.3) is 0 Å². The van der Waals surface area contributed by atoms with Crippen LogP contribution in [-0.4, -0.2) is 61.0 Å². The summed E-state index contributed by atoms with van der Waals surface area (Å²) in [5, 5.41) is 6.32. The largest absolute Gasteiger partial charge is 0.492 e. The van der Waals surface area contributed by atoms with Gasteiger partial charge in [-0.1, -0.05) is 0 Å². The third kappa shape index (κ3) is 3.36. The molecule has 2 N–H and O–H groups in total. The number of nitrogens with zero attached hydrogens (tertiary/aromatic N) is 2. The molecule has 2 aliphatic rings. The fourth-order valence-electron chi connectivity index (χ4n) is 3.55. The molecule has 24 heavy (non-hydrogen) atoms. The van der Waals surface area contributed by atoms with E-state index in [2.05, 4.69) is 15.6 Å². The number of ether oxygens (including phenoxy) is 1. The first-order valence-corrected chi connectivity index (χ1v) is 8.39. The first-order chi connectivity index (χ1) is 11.6. The van der Waals surface area contributed by atoms with Gasteiger partial charge in [0.05, 0.1) is 18.2 Å². The smallest absolute Gasteiger partial charge is 0.229 e. The maximum absolute atomic E-state index is 12.7. The zero-order valence-electron chi connectivity index (χ0n) is 14.0. The van der Waals surface area contributed by atoms with Gasteiger partial charge in [0.15, 0.2) is 0 Å². The number of fused-ring (bicyclic) bond motifs is 1. The standard InChI is InChI=1S/C17H24N4O3/c1-13(22)21-10-14-8-19-11-17(14,12-21)16(23)20-6-3-7-24-15-4-2-5-18-9-15/h2,4-5,9,14,19H,3,6-8,10-12H2,1H3,(H,20,23)/t14-,17-/m0/s1. The lowest BCUT2D eigenvalue weighted by atomic mass is 9.80. The zero-order valence-corrected chi connectivity index (χ0v) is 14.0. The Kier molecular flexibility index (Phi) is 4.99. The van der Waals surface area contributed by atoms with Crippen molar-refractivity contribution < 1.29 is 14.3 Å². The third-order valence-corrected chi connectivity index (χ3v) is 4.93. The quantitative estimate of drug-likeness (QED) is 0.719. The van der Waals surface area contributed by atoms with Crippen LogP contribution < -0.4 is 15.4 Å². The Morgan fingerprint density at radius 2 is 2.42 bits per heavy atom. The Labute approximate surface area is 141 Å². The summed E-state index contributed by atoms with van der Waals surface area (Å²) in [5.74, 6) is 1.02. The summed E-state index contributed by atoms with van der Waals surface area (Å²) in [6.07, 6.45) is 4.09. The first kappa shape index (κ1) is 16.7. The van der Waals surface area contributed by atoms with E-state index in [-0.39, 0.29) is 17.7 Å². The third-order valence-electron chi connectivity index (χ3n) is 4.93. The van der Waals surface area contributed by atoms with Crippen molar-refractivity contribution in [3.63, 3.8) is 0 Å². The molecule has 7 heteroatoms. The van der Waals surface area contributed by atoms with Crippen molar-refractivity contribution in [1.82, 2.24) is 20.5 Å². The van der Waals surface area contributed by atoms with Crippen LogP contribution in [0.2, 0.25) is 0 Å². The summed E-state index contributed by atoms with van der Waals surface area (Å²) >= 11 is 0. The van der Waals surface area contributed by atoms with E-state index in [4.69, 9.17) is 4.74 Å². The molecule has 0 aliphatic carbocycles. The van der Waals surface area contributed by atoms with Crippen molar-refractivity contribution >= 4 is 11.8 Å². The average Bonchev–Trinajstić information content (AvgIpc) is 3.13. The zero-order chi connectivity index (χ0) is 17.0. The van der Waals surface area contributed by atoms with E-state index in [0.717, 1.165) is 18.7 Å². The van der Waals surface area contributed by atoms with Gasteiger partial charge >= 0.3 is 0 Å². The number of likely N-dealkylation sites (tertiary alicyclic amines) is 1. The molecule has 2 fully saturated rings. The fraction of sp³-hybridized carbons (Fsp3) is 0.588. The lowest BCUT2D eigenvalue weighted by molar-refractivity contribution is -0.132. The number of nitrogens with one attached hydrogen (secondary N) is 2. The molecule has 3 heterocycles. The number of pyridine rings is 1. The second-order valence-electron chi connectivity index (χ2n) is 6.53. The van der Waals surface area contributed by atoms with Gasteiger partial charge in [0, 0.05) is 51.8 Å². The Bertz CT molecular complexity index is 595. The molecule has 0 bridgehead atoms. The van der Waals surface area contributed by atoms with Crippen molar-refractivity contribution in [2.45, 2.75) is 13.3 Å². The van der Waals surface area contributed by atoms with Crippen LogP contribution in [0.15, 0.2) is 24.5 Å². The molecule has 2 aliphatic heterocycles. The Hall–Kier alpha value is -2.15. The van der Waals surface area contributed by atoms with Gasteiger partial charge in [-0.05, 0) is 18.6 Å². The van der Waals surface area contributed by atoms with Gasteiger partial charge in [-0.15, -0.1) is 0 Å². The summed E-state index contributed by atoms with van der Waals surface area (Å²) < 4.78 is 5.57. The summed E-state index contributed by atoms with van der Waals surface area (Å²) in [4.78, 5) is 30.1. The van der Waals surface area contributed by atoms with E-state index in [1.54, 1.807) is 24.2 Å². The van der Waals surface area contributed by atoms with E-state index >= 15 is 0 Å². The van der Waals surface area contributed by atoms with Crippen molar-refractivity contribution in [2.75, 3.05) is 39.3 Å². The monoisotopic (exact) mass is 332 g/mol. The molecule has 0 unspecified atom stereocenters. The van der Waals surface area contributed by atoms with Gasteiger partial charge in [0.1, 0.15) is 5.75 Å². The Morgan fingerprint density at radius 1 is 1.54 bits per heavy atom. The number of aromatic nitrogens is 1. The highest BCUT2D eigenvalue weighted by Gasteiger charge is 2.55. The highest BCUT2D eigenvalue weighted by atomic mass is 16.5. The second-order valence-corrected chi connectivity index (χ2v) is 6.53. The fourth-order valence-corrected chi connectivity index (χ4v) is 3.55. The molecule has 1 aromatic rings. The molecule has 1 aromatic heterocycles. The average molecular weight is 332 g/mol. The van der Waals surface area contributed by atoms with Crippen molar-refractivity contribution in [2.24, 2.45) is 11.3 Å². The number of hydrogen-bond donors (Lipinski definition) is 2. The molecule has 130 valence electrons. The van der Waals surface area contributed by atoms with Crippen molar-refractivity contribution in [1.29, 1.82) is 0 Å². The molecule has 2 saturated heterocycles. The number of hydrogen-bond acceptors (Lipinski definition) is 5. The molecule has 0 aromatic carbocycles. The van der Waals surface area contributed by atoms with Gasteiger partial charge < -0.3 is 20.3 Å². The minimum atomic E-state index is -0.476. The van der Waals surface area contributed by atoms with Crippen molar-refractivity contribution in [3.05, 3.63) is 24.5 Å². The molecular formula is C17H24N4O3. The summed E-state index contributed by atoms with van der Waals surface area (Å²) in [6.45, 7) is 5.27. The van der Waals surface area contributed by atoms with Crippen molar-refractivity contribution in [3.8, 4) is 5.75 Å². The van der Waals surface area contributed by atoms with Gasteiger partial charge in [0.2, 0.25) is 11.8 Å². The molecule has 2 atom stereocenters. The van der Waals surface area contributed by atoms with Crippen LogP contribution in [0.4, 0.5) is 0 Å². The van der Waals surface area contributed by atoms with Gasteiger partial charge in [-0.2, -0.15) is 0 Å². The maximum Gasteiger partial charge on any atom is 0.229 e. The van der Waals surface area contributed by atoms with E-state index in [9.17, 15) is 9.59 Å². The van der Waals surface area contributed by atoms with E-state index in [1.165, 1.54) is 0 Å². The Balaban J connectivity index is 1.45. The van der Waals surface area contributed by atoms with Gasteiger partial charge in [-0.25, -0.2) is 0 Å². The number of rotatable bonds is 6. The number of amides is 2. The lowest BCUT2D eigenvalue weighted by Gasteiger charge is -2.26. The van der Waals surface area contributed by atoms with Crippen LogP contribution >= 0.6 is 0 Å².